The molecule has 3 aliphatic rings. The highest BCUT2D eigenvalue weighted by Crippen LogP contribution is 2.41. The normalized spacial score (nSPS) is 36.8. The van der Waals surface area contributed by atoms with E-state index >= 15 is 0 Å². The highest BCUT2D eigenvalue weighted by Gasteiger charge is 2.29. The Bertz CT molecular complexity index is 528. The van der Waals surface area contributed by atoms with E-state index in [1.807, 2.05) is 6.26 Å². The van der Waals surface area contributed by atoms with Crippen molar-refractivity contribution in [1.82, 2.24) is 0 Å². The number of hydrogen-bond acceptors (Lipinski definition) is 1. The molecule has 0 aromatic rings. The van der Waals surface area contributed by atoms with Crippen LogP contribution in [0.15, 0.2) is 47.8 Å². The predicted molar refractivity (Wildman–Crippen MR) is 103 cm³/mol. The van der Waals surface area contributed by atoms with Crippen molar-refractivity contribution in [2.75, 3.05) is 0 Å². The molecular formula is C23H34O. The molecule has 5 unspecified atom stereocenters. The average Bonchev–Trinajstić information content (AvgIpc) is 3.09. The van der Waals surface area contributed by atoms with Crippen LogP contribution >= 0.6 is 0 Å². The smallest absolute Gasteiger partial charge is 0.108 e. The Balaban J connectivity index is 1.53. The molecule has 3 rings (SSSR count). The molecule has 1 heteroatoms. The molecule has 0 spiro atoms. The van der Waals surface area contributed by atoms with Crippen molar-refractivity contribution in [3.05, 3.63) is 47.8 Å². The molecule has 0 amide bonds. The van der Waals surface area contributed by atoms with Crippen LogP contribution in [0.1, 0.15) is 65.7 Å². The fourth-order valence-corrected chi connectivity index (χ4v) is 4.70. The van der Waals surface area contributed by atoms with Crippen LogP contribution in [0.25, 0.3) is 0 Å². The minimum absolute atomic E-state index is 0.384. The first-order chi connectivity index (χ1) is 11.7. The van der Waals surface area contributed by atoms with Gasteiger partial charge in [0.25, 0.3) is 0 Å². The third kappa shape index (κ3) is 3.87. The molecule has 1 heterocycles. The summed E-state index contributed by atoms with van der Waals surface area (Å²) in [6.07, 6.45) is 23.0. The van der Waals surface area contributed by atoms with Gasteiger partial charge in [-0.05, 0) is 74.9 Å². The lowest BCUT2D eigenvalue weighted by Crippen LogP contribution is -2.24. The Hall–Kier alpha value is -1.24. The van der Waals surface area contributed by atoms with E-state index in [0.717, 1.165) is 18.3 Å². The van der Waals surface area contributed by atoms with E-state index in [9.17, 15) is 0 Å². The lowest BCUT2D eigenvalue weighted by atomic mass is 9.70. The molecule has 5 atom stereocenters. The van der Waals surface area contributed by atoms with Crippen LogP contribution in [0.4, 0.5) is 0 Å². The quantitative estimate of drug-likeness (QED) is 0.500. The fourth-order valence-electron chi connectivity index (χ4n) is 4.70. The zero-order valence-electron chi connectivity index (χ0n) is 15.7. The second-order valence-electron chi connectivity index (χ2n) is 7.91. The van der Waals surface area contributed by atoms with Gasteiger partial charge in [-0.25, -0.2) is 0 Å². The van der Waals surface area contributed by atoms with E-state index in [1.165, 1.54) is 38.5 Å². The first-order valence-corrected chi connectivity index (χ1v) is 10.1. The zero-order chi connectivity index (χ0) is 16.9. The average molecular weight is 327 g/mol. The van der Waals surface area contributed by atoms with Crippen molar-refractivity contribution >= 4 is 0 Å². The third-order valence-electron chi connectivity index (χ3n) is 6.53. The number of allylic oxidation sites excluding steroid dienone is 5. The van der Waals surface area contributed by atoms with Crippen molar-refractivity contribution in [3.8, 4) is 0 Å². The van der Waals surface area contributed by atoms with E-state index in [4.69, 9.17) is 4.74 Å². The van der Waals surface area contributed by atoms with Gasteiger partial charge in [-0.3, -0.25) is 0 Å². The van der Waals surface area contributed by atoms with Gasteiger partial charge in [0.05, 0.1) is 6.26 Å². The second kappa shape index (κ2) is 8.23. The minimum Gasteiger partial charge on any atom is -0.497 e. The van der Waals surface area contributed by atoms with Crippen LogP contribution in [0.2, 0.25) is 0 Å². The van der Waals surface area contributed by atoms with E-state index in [1.54, 1.807) is 11.1 Å². The maximum Gasteiger partial charge on any atom is 0.108 e. The summed E-state index contributed by atoms with van der Waals surface area (Å²) in [7, 11) is 0. The molecule has 1 fully saturated rings. The molecule has 2 aliphatic carbocycles. The summed E-state index contributed by atoms with van der Waals surface area (Å²) in [6.45, 7) is 6.98. The highest BCUT2D eigenvalue weighted by molar-refractivity contribution is 5.27. The van der Waals surface area contributed by atoms with Gasteiger partial charge in [-0.2, -0.15) is 0 Å². The van der Waals surface area contributed by atoms with Gasteiger partial charge in [-0.15, -0.1) is 0 Å². The summed E-state index contributed by atoms with van der Waals surface area (Å²) < 4.78 is 5.74. The van der Waals surface area contributed by atoms with Crippen molar-refractivity contribution in [2.45, 2.75) is 71.8 Å². The molecule has 1 nitrogen and oxygen atoms in total. The van der Waals surface area contributed by atoms with Gasteiger partial charge in [0.15, 0.2) is 0 Å². The fraction of sp³-hybridized carbons (Fsp3) is 0.652. The Labute approximate surface area is 148 Å². The molecule has 0 aromatic heterocycles. The minimum atomic E-state index is 0.384. The van der Waals surface area contributed by atoms with Crippen molar-refractivity contribution in [1.29, 1.82) is 0 Å². The summed E-state index contributed by atoms with van der Waals surface area (Å²) in [5.41, 5.74) is 3.28. The van der Waals surface area contributed by atoms with Gasteiger partial charge < -0.3 is 4.74 Å². The molecule has 1 aliphatic heterocycles. The Morgan fingerprint density at radius 3 is 2.88 bits per heavy atom. The molecule has 1 saturated carbocycles. The molecule has 0 saturated heterocycles. The molecule has 0 radical (unpaired) electrons. The van der Waals surface area contributed by atoms with Crippen LogP contribution in [0.3, 0.4) is 0 Å². The van der Waals surface area contributed by atoms with Crippen LogP contribution in [-0.2, 0) is 4.74 Å². The SMILES string of the molecule is CC=C1CCC1C(C)CCC=C1C=CC(C2CC=CO2)CC1CC. The lowest BCUT2D eigenvalue weighted by Gasteiger charge is -2.35. The van der Waals surface area contributed by atoms with E-state index in [0.29, 0.717) is 17.9 Å². The Kier molecular flexibility index (Phi) is 6.03. The van der Waals surface area contributed by atoms with Gasteiger partial charge in [0.1, 0.15) is 6.10 Å². The summed E-state index contributed by atoms with van der Waals surface area (Å²) in [6, 6.07) is 0. The first kappa shape index (κ1) is 17.6. The first-order valence-electron chi connectivity index (χ1n) is 10.1. The number of hydrogen-bond donors (Lipinski definition) is 0. The molecule has 0 bridgehead atoms. The highest BCUT2D eigenvalue weighted by atomic mass is 16.5. The van der Waals surface area contributed by atoms with Gasteiger partial charge in [0.2, 0.25) is 0 Å². The van der Waals surface area contributed by atoms with Gasteiger partial charge in [0, 0.05) is 12.3 Å². The van der Waals surface area contributed by atoms with E-state index < -0.39 is 0 Å². The molecule has 0 N–H and O–H groups in total. The summed E-state index contributed by atoms with van der Waals surface area (Å²) in [4.78, 5) is 0. The molecule has 132 valence electrons. The summed E-state index contributed by atoms with van der Waals surface area (Å²) in [5.74, 6) is 3.01. The summed E-state index contributed by atoms with van der Waals surface area (Å²) >= 11 is 0. The van der Waals surface area contributed by atoms with Crippen molar-refractivity contribution < 1.29 is 4.74 Å². The van der Waals surface area contributed by atoms with Gasteiger partial charge in [-0.1, -0.05) is 43.7 Å². The van der Waals surface area contributed by atoms with Crippen LogP contribution in [-0.4, -0.2) is 6.10 Å². The molecule has 0 aromatic carbocycles. The van der Waals surface area contributed by atoms with Crippen LogP contribution < -0.4 is 0 Å². The van der Waals surface area contributed by atoms with Crippen molar-refractivity contribution in [3.63, 3.8) is 0 Å². The topological polar surface area (TPSA) is 9.23 Å². The van der Waals surface area contributed by atoms with Crippen LogP contribution in [0, 0.1) is 23.7 Å². The van der Waals surface area contributed by atoms with Crippen molar-refractivity contribution in [2.24, 2.45) is 23.7 Å². The Morgan fingerprint density at radius 2 is 2.25 bits per heavy atom. The molecular weight excluding hydrogens is 292 g/mol. The monoisotopic (exact) mass is 326 g/mol. The zero-order valence-corrected chi connectivity index (χ0v) is 15.7. The summed E-state index contributed by atoms with van der Waals surface area (Å²) in [5, 5.41) is 0. The maximum absolute atomic E-state index is 5.74. The largest absolute Gasteiger partial charge is 0.497 e. The second-order valence-corrected chi connectivity index (χ2v) is 7.91. The Morgan fingerprint density at radius 1 is 1.38 bits per heavy atom. The molecule has 24 heavy (non-hydrogen) atoms. The van der Waals surface area contributed by atoms with Crippen LogP contribution in [0.5, 0.6) is 0 Å². The standard InChI is InChI=1S/C23H34O/c1-4-18-13-14-22(18)17(3)8-6-9-20-11-12-21(16-19(20)5-2)23-10-7-15-24-23/h4,7,9,11-12,15,17,19,21-23H,5-6,8,10,13-14,16H2,1-3H3. The number of ether oxygens (including phenoxy) is 1. The van der Waals surface area contributed by atoms with E-state index in [2.05, 4.69) is 51.2 Å². The lowest BCUT2D eigenvalue weighted by molar-refractivity contribution is 0.116. The number of rotatable bonds is 6. The maximum atomic E-state index is 5.74. The third-order valence-corrected chi connectivity index (χ3v) is 6.53. The predicted octanol–water partition coefficient (Wildman–Crippen LogP) is 6.59. The van der Waals surface area contributed by atoms with E-state index in [-0.39, 0.29) is 0 Å². The van der Waals surface area contributed by atoms with Gasteiger partial charge >= 0.3 is 0 Å².